The van der Waals surface area contributed by atoms with Crippen LogP contribution in [0.2, 0.25) is 0 Å². The van der Waals surface area contributed by atoms with Crippen LogP contribution in [-0.2, 0) is 18.3 Å². The third-order valence-corrected chi connectivity index (χ3v) is 11.1. The van der Waals surface area contributed by atoms with Crippen LogP contribution >= 0.6 is 0 Å². The Morgan fingerprint density at radius 2 is 1.04 bits per heavy atom. The molecule has 242 valence electrons. The van der Waals surface area contributed by atoms with Crippen molar-refractivity contribution in [3.63, 3.8) is 0 Å². The maximum atomic E-state index is 2.46. The number of aryl methyl sites for hydroxylation is 1. The molecular weight excluding hydrogens is 603 g/mol. The molecule has 0 aliphatic heterocycles. The summed E-state index contributed by atoms with van der Waals surface area (Å²) in [6, 6.07) is 60.6. The van der Waals surface area contributed by atoms with E-state index in [-0.39, 0.29) is 5.41 Å². The standard InChI is InChI=1S/C49H41N/c1-49(2)45-25-14-24-43(36-17-7-4-8-18-36)48(45)44-32-31-39(33-46(44)49)50(47-26-12-11-22-42(47)35-15-5-3-6-16-35)38-29-27-37(28-30-38)41-23-13-20-34-19-9-10-21-40(34)41/h3-8,11-18,20,22-33H,9-10,19,21H2,1-2H3. The van der Waals surface area contributed by atoms with Crippen molar-refractivity contribution < 1.29 is 0 Å². The quantitative estimate of drug-likeness (QED) is 0.174. The van der Waals surface area contributed by atoms with Crippen molar-refractivity contribution in [2.24, 2.45) is 0 Å². The minimum absolute atomic E-state index is 0.146. The number of hydrogen-bond donors (Lipinski definition) is 0. The highest BCUT2D eigenvalue weighted by Crippen LogP contribution is 2.54. The first-order valence-corrected chi connectivity index (χ1v) is 18.1. The lowest BCUT2D eigenvalue weighted by Gasteiger charge is -2.30. The smallest absolute Gasteiger partial charge is 0.0540 e. The number of para-hydroxylation sites is 1. The van der Waals surface area contributed by atoms with Gasteiger partial charge in [-0.1, -0.05) is 147 Å². The van der Waals surface area contributed by atoms with E-state index >= 15 is 0 Å². The van der Waals surface area contributed by atoms with Gasteiger partial charge in [-0.05, 0) is 117 Å². The summed E-state index contributed by atoms with van der Waals surface area (Å²) in [6.45, 7) is 4.77. The Morgan fingerprint density at radius 3 is 1.82 bits per heavy atom. The molecule has 0 bridgehead atoms. The lowest BCUT2D eigenvalue weighted by molar-refractivity contribution is 0.660. The molecule has 0 fully saturated rings. The van der Waals surface area contributed by atoms with Gasteiger partial charge in [-0.3, -0.25) is 0 Å². The van der Waals surface area contributed by atoms with Gasteiger partial charge in [0, 0.05) is 22.4 Å². The average molecular weight is 644 g/mol. The number of fused-ring (bicyclic) bond motifs is 4. The Morgan fingerprint density at radius 1 is 0.440 bits per heavy atom. The topological polar surface area (TPSA) is 3.24 Å². The molecule has 0 N–H and O–H groups in total. The third kappa shape index (κ3) is 5.08. The van der Waals surface area contributed by atoms with Gasteiger partial charge in [0.2, 0.25) is 0 Å². The van der Waals surface area contributed by atoms with Crippen molar-refractivity contribution in [2.75, 3.05) is 4.90 Å². The van der Waals surface area contributed by atoms with Crippen molar-refractivity contribution in [3.8, 4) is 44.5 Å². The van der Waals surface area contributed by atoms with Crippen LogP contribution in [0.1, 0.15) is 48.9 Å². The van der Waals surface area contributed by atoms with Gasteiger partial charge in [0.05, 0.1) is 5.69 Å². The monoisotopic (exact) mass is 643 g/mol. The van der Waals surface area contributed by atoms with Gasteiger partial charge in [-0.25, -0.2) is 0 Å². The molecule has 7 aromatic carbocycles. The van der Waals surface area contributed by atoms with Gasteiger partial charge in [0.1, 0.15) is 0 Å². The van der Waals surface area contributed by atoms with Crippen molar-refractivity contribution in [1.29, 1.82) is 0 Å². The molecule has 2 aliphatic carbocycles. The second kappa shape index (κ2) is 12.3. The summed E-state index contributed by atoms with van der Waals surface area (Å²) in [4.78, 5) is 2.46. The second-order valence-electron chi connectivity index (χ2n) is 14.4. The molecule has 50 heavy (non-hydrogen) atoms. The van der Waals surface area contributed by atoms with Gasteiger partial charge in [-0.15, -0.1) is 0 Å². The Bertz CT molecular complexity index is 2330. The van der Waals surface area contributed by atoms with E-state index < -0.39 is 0 Å². The molecule has 1 nitrogen and oxygen atoms in total. The molecule has 2 aliphatic rings. The maximum absolute atomic E-state index is 2.46. The molecule has 9 rings (SSSR count). The van der Waals surface area contributed by atoms with Crippen LogP contribution in [0.15, 0.2) is 164 Å². The minimum atomic E-state index is -0.146. The second-order valence-corrected chi connectivity index (χ2v) is 14.4. The summed E-state index contributed by atoms with van der Waals surface area (Å²) in [5.41, 5.74) is 19.5. The summed E-state index contributed by atoms with van der Waals surface area (Å²) in [5.74, 6) is 0. The van der Waals surface area contributed by atoms with Crippen molar-refractivity contribution in [1.82, 2.24) is 0 Å². The molecular formula is C49H41N. The Labute approximate surface area is 296 Å². The molecule has 0 atom stereocenters. The molecule has 0 saturated carbocycles. The highest BCUT2D eigenvalue weighted by Gasteiger charge is 2.37. The first-order valence-electron chi connectivity index (χ1n) is 18.1. The number of nitrogens with zero attached hydrogens (tertiary/aromatic N) is 1. The van der Waals surface area contributed by atoms with Gasteiger partial charge in [0.15, 0.2) is 0 Å². The van der Waals surface area contributed by atoms with Crippen LogP contribution in [0.4, 0.5) is 17.1 Å². The minimum Gasteiger partial charge on any atom is -0.310 e. The largest absolute Gasteiger partial charge is 0.310 e. The highest BCUT2D eigenvalue weighted by atomic mass is 15.1. The normalized spacial score (nSPS) is 14.0. The van der Waals surface area contributed by atoms with E-state index in [1.54, 1.807) is 0 Å². The van der Waals surface area contributed by atoms with Crippen molar-refractivity contribution >= 4 is 17.1 Å². The van der Waals surface area contributed by atoms with E-state index in [0.29, 0.717) is 0 Å². The summed E-state index contributed by atoms with van der Waals surface area (Å²) < 4.78 is 0. The Hall–Kier alpha value is -5.66. The average Bonchev–Trinajstić information content (AvgIpc) is 3.41. The first kappa shape index (κ1) is 30.4. The third-order valence-electron chi connectivity index (χ3n) is 11.1. The van der Waals surface area contributed by atoms with Gasteiger partial charge in [0.25, 0.3) is 0 Å². The van der Waals surface area contributed by atoms with Crippen LogP contribution in [0.25, 0.3) is 44.5 Å². The molecule has 0 aromatic heterocycles. The van der Waals surface area contributed by atoms with Crippen LogP contribution in [0, 0.1) is 0 Å². The zero-order valence-corrected chi connectivity index (χ0v) is 28.9. The number of anilines is 3. The summed E-state index contributed by atoms with van der Waals surface area (Å²) in [6.07, 6.45) is 4.93. The lowest BCUT2D eigenvalue weighted by atomic mass is 9.81. The van der Waals surface area contributed by atoms with Gasteiger partial charge in [-0.2, -0.15) is 0 Å². The van der Waals surface area contributed by atoms with Crippen LogP contribution in [-0.4, -0.2) is 0 Å². The molecule has 0 unspecified atom stereocenters. The van der Waals surface area contributed by atoms with Crippen LogP contribution in [0.5, 0.6) is 0 Å². The molecule has 1 heteroatoms. The highest BCUT2D eigenvalue weighted by molar-refractivity contribution is 5.95. The molecule has 7 aromatic rings. The molecule has 0 amide bonds. The predicted molar refractivity (Wildman–Crippen MR) is 212 cm³/mol. The van der Waals surface area contributed by atoms with Crippen molar-refractivity contribution in [2.45, 2.75) is 44.9 Å². The number of benzene rings is 7. The fraction of sp³-hybridized carbons (Fsp3) is 0.143. The van der Waals surface area contributed by atoms with E-state index in [1.807, 2.05) is 0 Å². The first-order chi connectivity index (χ1) is 24.6. The number of rotatable bonds is 6. The van der Waals surface area contributed by atoms with Gasteiger partial charge < -0.3 is 4.90 Å². The summed E-state index contributed by atoms with van der Waals surface area (Å²) in [5, 5.41) is 0. The SMILES string of the molecule is CC1(C)c2cc(N(c3ccc(-c4cccc5c4CCCC5)cc3)c3ccccc3-c3ccccc3)ccc2-c2c(-c3ccccc3)cccc21. The fourth-order valence-corrected chi connectivity index (χ4v) is 8.57. The van der Waals surface area contributed by atoms with E-state index in [4.69, 9.17) is 0 Å². The van der Waals surface area contributed by atoms with E-state index in [9.17, 15) is 0 Å². The molecule has 0 heterocycles. The lowest BCUT2D eigenvalue weighted by Crippen LogP contribution is -2.17. The zero-order valence-electron chi connectivity index (χ0n) is 28.9. The number of hydrogen-bond acceptors (Lipinski definition) is 1. The molecule has 0 spiro atoms. The molecule has 0 saturated heterocycles. The van der Waals surface area contributed by atoms with E-state index in [1.165, 1.54) is 104 Å². The van der Waals surface area contributed by atoms with E-state index in [2.05, 4.69) is 183 Å². The summed E-state index contributed by atoms with van der Waals surface area (Å²) >= 11 is 0. The Kier molecular flexibility index (Phi) is 7.50. The van der Waals surface area contributed by atoms with Gasteiger partial charge >= 0.3 is 0 Å². The predicted octanol–water partition coefficient (Wildman–Crippen LogP) is 13.3. The Balaban J connectivity index is 1.21. The zero-order chi connectivity index (χ0) is 33.7. The van der Waals surface area contributed by atoms with E-state index in [0.717, 1.165) is 5.69 Å². The van der Waals surface area contributed by atoms with Crippen LogP contribution in [0.3, 0.4) is 0 Å². The summed E-state index contributed by atoms with van der Waals surface area (Å²) in [7, 11) is 0. The van der Waals surface area contributed by atoms with Crippen LogP contribution < -0.4 is 4.90 Å². The van der Waals surface area contributed by atoms with Crippen molar-refractivity contribution in [3.05, 3.63) is 186 Å². The maximum Gasteiger partial charge on any atom is 0.0540 e. The molecule has 0 radical (unpaired) electrons. The fourth-order valence-electron chi connectivity index (χ4n) is 8.57.